The zero-order chi connectivity index (χ0) is 14.3. The summed E-state index contributed by atoms with van der Waals surface area (Å²) in [7, 11) is 1.33. The van der Waals surface area contributed by atoms with E-state index in [1.54, 1.807) is 11.3 Å². The highest BCUT2D eigenvalue weighted by atomic mass is 32.1. The Morgan fingerprint density at radius 1 is 1.53 bits per heavy atom. The number of hydrogen-bond acceptors (Lipinski definition) is 5. The van der Waals surface area contributed by atoms with Crippen LogP contribution in [-0.2, 0) is 20.9 Å². The van der Waals surface area contributed by atoms with Gasteiger partial charge < -0.3 is 10.1 Å². The quantitative estimate of drug-likeness (QED) is 0.766. The average Bonchev–Trinajstić information content (AvgIpc) is 2.88. The van der Waals surface area contributed by atoms with Crippen molar-refractivity contribution in [1.82, 2.24) is 10.2 Å². The van der Waals surface area contributed by atoms with E-state index in [-0.39, 0.29) is 5.91 Å². The van der Waals surface area contributed by atoms with Crippen molar-refractivity contribution in [1.29, 1.82) is 0 Å². The normalized spacial score (nSPS) is 12.2. The third-order valence-electron chi connectivity index (χ3n) is 2.71. The number of nitrogens with one attached hydrogen (secondary N) is 1. The lowest BCUT2D eigenvalue weighted by atomic mass is 10.2. The molecular formula is C13H20N2O3S. The number of ether oxygens (including phenoxy) is 1. The Kier molecular flexibility index (Phi) is 6.52. The van der Waals surface area contributed by atoms with Gasteiger partial charge in [-0.2, -0.15) is 0 Å². The molecular weight excluding hydrogens is 264 g/mol. The van der Waals surface area contributed by atoms with Gasteiger partial charge in [0.25, 0.3) is 0 Å². The van der Waals surface area contributed by atoms with Crippen LogP contribution in [0.15, 0.2) is 17.5 Å². The van der Waals surface area contributed by atoms with E-state index in [0.29, 0.717) is 6.54 Å². The van der Waals surface area contributed by atoms with Gasteiger partial charge in [-0.25, -0.2) is 4.79 Å². The zero-order valence-electron chi connectivity index (χ0n) is 11.5. The number of methoxy groups -OCH3 is 1. The van der Waals surface area contributed by atoms with E-state index in [2.05, 4.69) is 16.3 Å². The number of carbonyl (C=O) groups excluding carboxylic acids is 2. The maximum absolute atomic E-state index is 11.6. The molecule has 0 aromatic carbocycles. The Morgan fingerprint density at radius 3 is 2.74 bits per heavy atom. The van der Waals surface area contributed by atoms with Crippen LogP contribution in [0.1, 0.15) is 18.7 Å². The van der Waals surface area contributed by atoms with E-state index in [1.807, 2.05) is 18.4 Å². The van der Waals surface area contributed by atoms with Gasteiger partial charge in [0, 0.05) is 24.9 Å². The van der Waals surface area contributed by atoms with Crippen LogP contribution in [0.2, 0.25) is 0 Å². The number of amides is 1. The number of likely N-dealkylation sites (N-methyl/N-ethyl adjacent to an activating group) is 1. The molecule has 1 amide bonds. The molecule has 0 saturated heterocycles. The van der Waals surface area contributed by atoms with Gasteiger partial charge in [-0.1, -0.05) is 13.0 Å². The fourth-order valence-corrected chi connectivity index (χ4v) is 2.50. The molecule has 0 spiro atoms. The highest BCUT2D eigenvalue weighted by Gasteiger charge is 2.22. The summed E-state index contributed by atoms with van der Waals surface area (Å²) in [5.41, 5.74) is 0. The molecule has 0 fully saturated rings. The molecule has 0 aliphatic rings. The molecule has 1 heterocycles. The molecule has 6 heteroatoms. The monoisotopic (exact) mass is 284 g/mol. The SMILES string of the molecule is CCN(Cc1cccs1)CC(NC(C)=O)C(=O)OC. The van der Waals surface area contributed by atoms with Gasteiger partial charge in [0.05, 0.1) is 7.11 Å². The summed E-state index contributed by atoms with van der Waals surface area (Å²) in [6.45, 7) is 5.42. The minimum Gasteiger partial charge on any atom is -0.467 e. The van der Waals surface area contributed by atoms with Gasteiger partial charge in [-0.15, -0.1) is 11.3 Å². The minimum absolute atomic E-state index is 0.234. The first-order chi connectivity index (χ1) is 9.06. The van der Waals surface area contributed by atoms with Crippen LogP contribution in [0.5, 0.6) is 0 Å². The van der Waals surface area contributed by atoms with E-state index in [9.17, 15) is 9.59 Å². The minimum atomic E-state index is -0.623. The molecule has 1 N–H and O–H groups in total. The van der Waals surface area contributed by atoms with Crippen molar-refractivity contribution < 1.29 is 14.3 Å². The van der Waals surface area contributed by atoms with Gasteiger partial charge in [0.2, 0.25) is 5.91 Å². The van der Waals surface area contributed by atoms with Crippen molar-refractivity contribution in [3.8, 4) is 0 Å². The maximum atomic E-state index is 11.6. The number of hydrogen-bond donors (Lipinski definition) is 1. The molecule has 1 rings (SSSR count). The predicted octanol–water partition coefficient (Wildman–Crippen LogP) is 1.25. The second-order valence-electron chi connectivity index (χ2n) is 4.18. The van der Waals surface area contributed by atoms with Crippen molar-refractivity contribution in [2.45, 2.75) is 26.4 Å². The van der Waals surface area contributed by atoms with Crippen LogP contribution in [0.25, 0.3) is 0 Å². The fraction of sp³-hybridized carbons (Fsp3) is 0.538. The first-order valence-electron chi connectivity index (χ1n) is 6.16. The first kappa shape index (κ1) is 15.7. The molecule has 19 heavy (non-hydrogen) atoms. The second kappa shape index (κ2) is 7.91. The molecule has 0 aliphatic heterocycles. The van der Waals surface area contributed by atoms with Crippen molar-refractivity contribution in [3.63, 3.8) is 0 Å². The zero-order valence-corrected chi connectivity index (χ0v) is 12.3. The Bertz CT molecular complexity index is 406. The van der Waals surface area contributed by atoms with Gasteiger partial charge >= 0.3 is 5.97 Å². The Hall–Kier alpha value is -1.40. The van der Waals surface area contributed by atoms with Crippen LogP contribution < -0.4 is 5.32 Å². The molecule has 0 radical (unpaired) electrons. The van der Waals surface area contributed by atoms with Crippen LogP contribution in [0, 0.1) is 0 Å². The molecule has 1 aromatic heterocycles. The molecule has 1 unspecified atom stereocenters. The number of rotatable bonds is 7. The Morgan fingerprint density at radius 2 is 2.26 bits per heavy atom. The summed E-state index contributed by atoms with van der Waals surface area (Å²) in [4.78, 5) is 26.1. The number of nitrogens with zero attached hydrogens (tertiary/aromatic N) is 1. The van der Waals surface area contributed by atoms with Crippen LogP contribution in [0.4, 0.5) is 0 Å². The lowest BCUT2D eigenvalue weighted by Crippen LogP contribution is -2.48. The lowest BCUT2D eigenvalue weighted by molar-refractivity contribution is -0.145. The van der Waals surface area contributed by atoms with Crippen LogP contribution in [0.3, 0.4) is 0 Å². The van der Waals surface area contributed by atoms with E-state index in [1.165, 1.54) is 18.9 Å². The second-order valence-corrected chi connectivity index (χ2v) is 5.22. The summed E-state index contributed by atoms with van der Waals surface area (Å²) in [5, 5.41) is 4.65. The van der Waals surface area contributed by atoms with E-state index < -0.39 is 12.0 Å². The summed E-state index contributed by atoms with van der Waals surface area (Å²) in [5.74, 6) is -0.651. The molecule has 106 valence electrons. The maximum Gasteiger partial charge on any atom is 0.329 e. The first-order valence-corrected chi connectivity index (χ1v) is 7.04. The predicted molar refractivity (Wildman–Crippen MR) is 74.9 cm³/mol. The van der Waals surface area contributed by atoms with E-state index in [0.717, 1.165) is 13.1 Å². The number of esters is 1. The van der Waals surface area contributed by atoms with Gasteiger partial charge in [-0.3, -0.25) is 9.69 Å². The third kappa shape index (κ3) is 5.40. The Labute approximate surface area is 117 Å². The molecule has 1 atom stereocenters. The van der Waals surface area contributed by atoms with Gasteiger partial charge in [0.1, 0.15) is 6.04 Å². The molecule has 0 bridgehead atoms. The van der Waals surface area contributed by atoms with Crippen molar-refractivity contribution in [3.05, 3.63) is 22.4 Å². The summed E-state index contributed by atoms with van der Waals surface area (Å²) in [6.07, 6.45) is 0. The van der Waals surface area contributed by atoms with E-state index in [4.69, 9.17) is 4.74 Å². The number of thiophene rings is 1. The smallest absolute Gasteiger partial charge is 0.329 e. The average molecular weight is 284 g/mol. The summed E-state index contributed by atoms with van der Waals surface area (Å²) >= 11 is 1.68. The molecule has 5 nitrogen and oxygen atoms in total. The largest absolute Gasteiger partial charge is 0.467 e. The fourth-order valence-electron chi connectivity index (χ4n) is 1.75. The van der Waals surface area contributed by atoms with Crippen molar-refractivity contribution in [2.75, 3.05) is 20.2 Å². The van der Waals surface area contributed by atoms with Crippen molar-refractivity contribution >= 4 is 23.2 Å². The molecule has 0 saturated carbocycles. The van der Waals surface area contributed by atoms with Crippen LogP contribution >= 0.6 is 11.3 Å². The molecule has 0 aliphatic carbocycles. The lowest BCUT2D eigenvalue weighted by Gasteiger charge is -2.24. The Balaban J connectivity index is 2.63. The van der Waals surface area contributed by atoms with Crippen molar-refractivity contribution in [2.24, 2.45) is 0 Å². The third-order valence-corrected chi connectivity index (χ3v) is 3.57. The highest BCUT2D eigenvalue weighted by Crippen LogP contribution is 2.12. The van der Waals surface area contributed by atoms with Gasteiger partial charge in [0.15, 0.2) is 0 Å². The van der Waals surface area contributed by atoms with E-state index >= 15 is 0 Å². The number of carbonyl (C=O) groups is 2. The topological polar surface area (TPSA) is 58.6 Å². The highest BCUT2D eigenvalue weighted by molar-refractivity contribution is 7.09. The summed E-state index contributed by atoms with van der Waals surface area (Å²) in [6, 6.07) is 3.43. The van der Waals surface area contributed by atoms with Gasteiger partial charge in [-0.05, 0) is 18.0 Å². The van der Waals surface area contributed by atoms with Crippen LogP contribution in [-0.4, -0.2) is 43.0 Å². The standard InChI is InChI=1S/C13H20N2O3S/c1-4-15(8-11-6-5-7-19-11)9-12(13(17)18-3)14-10(2)16/h5-7,12H,4,8-9H2,1-3H3,(H,14,16). The molecule has 1 aromatic rings. The summed E-state index contributed by atoms with van der Waals surface area (Å²) < 4.78 is 4.72.